The topological polar surface area (TPSA) is 93.8 Å². The van der Waals surface area contributed by atoms with Gasteiger partial charge in [0.25, 0.3) is 5.91 Å². The Bertz CT molecular complexity index is 839. The van der Waals surface area contributed by atoms with Crippen LogP contribution in [-0.4, -0.2) is 21.1 Å². The fraction of sp³-hybridized carbons (Fsp3) is 0.0588. The number of rotatable bonds is 5. The molecule has 1 unspecified atom stereocenters. The van der Waals surface area contributed by atoms with Crippen molar-refractivity contribution < 1.29 is 4.79 Å². The molecular formula is C17H14ClN5O. The van der Waals surface area contributed by atoms with Crippen molar-refractivity contribution in [2.75, 3.05) is 5.32 Å². The SMILES string of the molecule is NC(=O)c1ccc(NC(c2cccc(Cl)c2)c2ccccn2)nn1. The summed E-state index contributed by atoms with van der Waals surface area (Å²) >= 11 is 6.11. The normalized spacial score (nSPS) is 11.7. The Morgan fingerprint density at radius 1 is 1.08 bits per heavy atom. The maximum atomic E-state index is 11.1. The minimum atomic E-state index is -0.620. The fourth-order valence-electron chi connectivity index (χ4n) is 2.25. The highest BCUT2D eigenvalue weighted by molar-refractivity contribution is 6.30. The van der Waals surface area contributed by atoms with E-state index in [2.05, 4.69) is 20.5 Å². The first kappa shape index (κ1) is 15.9. The number of nitrogens with two attached hydrogens (primary N) is 1. The minimum Gasteiger partial charge on any atom is -0.364 e. The summed E-state index contributed by atoms with van der Waals surface area (Å²) in [6, 6.07) is 16.0. The number of hydrogen-bond donors (Lipinski definition) is 2. The van der Waals surface area contributed by atoms with Gasteiger partial charge in [-0.2, -0.15) is 0 Å². The molecule has 3 rings (SSSR count). The monoisotopic (exact) mass is 339 g/mol. The molecule has 1 amide bonds. The van der Waals surface area contributed by atoms with Gasteiger partial charge >= 0.3 is 0 Å². The van der Waals surface area contributed by atoms with Gasteiger partial charge in [-0.3, -0.25) is 9.78 Å². The zero-order chi connectivity index (χ0) is 16.9. The molecule has 1 aromatic carbocycles. The molecule has 0 aliphatic rings. The quantitative estimate of drug-likeness (QED) is 0.745. The number of nitrogens with one attached hydrogen (secondary N) is 1. The van der Waals surface area contributed by atoms with E-state index in [4.69, 9.17) is 17.3 Å². The van der Waals surface area contributed by atoms with E-state index in [9.17, 15) is 4.79 Å². The molecule has 0 aliphatic carbocycles. The van der Waals surface area contributed by atoms with Crippen molar-refractivity contribution in [3.63, 3.8) is 0 Å². The van der Waals surface area contributed by atoms with Crippen molar-refractivity contribution in [1.82, 2.24) is 15.2 Å². The van der Waals surface area contributed by atoms with Gasteiger partial charge in [-0.15, -0.1) is 10.2 Å². The maximum Gasteiger partial charge on any atom is 0.269 e. The molecule has 7 heteroatoms. The first-order valence-electron chi connectivity index (χ1n) is 7.20. The van der Waals surface area contributed by atoms with Crippen LogP contribution in [0.4, 0.5) is 5.82 Å². The Morgan fingerprint density at radius 3 is 2.58 bits per heavy atom. The smallest absolute Gasteiger partial charge is 0.269 e. The van der Waals surface area contributed by atoms with Crippen LogP contribution in [0.2, 0.25) is 5.02 Å². The highest BCUT2D eigenvalue weighted by Crippen LogP contribution is 2.26. The molecule has 3 aromatic rings. The lowest BCUT2D eigenvalue weighted by atomic mass is 10.0. The highest BCUT2D eigenvalue weighted by Gasteiger charge is 2.16. The third-order valence-corrected chi connectivity index (χ3v) is 3.61. The number of benzene rings is 1. The Morgan fingerprint density at radius 2 is 1.96 bits per heavy atom. The summed E-state index contributed by atoms with van der Waals surface area (Å²) in [4.78, 5) is 15.5. The van der Waals surface area contributed by atoms with Crippen LogP contribution < -0.4 is 11.1 Å². The second-order valence-corrected chi connectivity index (χ2v) is 5.49. The molecule has 0 saturated carbocycles. The van der Waals surface area contributed by atoms with Crippen LogP contribution in [0.1, 0.15) is 27.8 Å². The van der Waals surface area contributed by atoms with Crippen LogP contribution in [-0.2, 0) is 0 Å². The van der Waals surface area contributed by atoms with Crippen molar-refractivity contribution in [3.05, 3.63) is 82.8 Å². The van der Waals surface area contributed by atoms with E-state index in [-0.39, 0.29) is 11.7 Å². The van der Waals surface area contributed by atoms with E-state index in [1.807, 2.05) is 42.5 Å². The van der Waals surface area contributed by atoms with Gasteiger partial charge in [-0.1, -0.05) is 29.8 Å². The van der Waals surface area contributed by atoms with E-state index in [1.165, 1.54) is 6.07 Å². The maximum absolute atomic E-state index is 11.1. The number of hydrogen-bond acceptors (Lipinski definition) is 5. The number of nitrogens with zero attached hydrogens (tertiary/aromatic N) is 3. The molecule has 0 radical (unpaired) electrons. The van der Waals surface area contributed by atoms with E-state index in [1.54, 1.807) is 12.3 Å². The van der Waals surface area contributed by atoms with Gasteiger partial charge < -0.3 is 11.1 Å². The lowest BCUT2D eigenvalue weighted by Crippen LogP contribution is -2.17. The van der Waals surface area contributed by atoms with Gasteiger partial charge in [0.05, 0.1) is 11.7 Å². The van der Waals surface area contributed by atoms with E-state index < -0.39 is 5.91 Å². The van der Waals surface area contributed by atoms with Crippen molar-refractivity contribution >= 4 is 23.3 Å². The second kappa shape index (κ2) is 7.06. The fourth-order valence-corrected chi connectivity index (χ4v) is 2.45. The van der Waals surface area contributed by atoms with Crippen molar-refractivity contribution in [2.45, 2.75) is 6.04 Å². The van der Waals surface area contributed by atoms with Crippen LogP contribution in [0.3, 0.4) is 0 Å². The number of pyridine rings is 1. The predicted molar refractivity (Wildman–Crippen MR) is 91.7 cm³/mol. The molecule has 2 aromatic heterocycles. The summed E-state index contributed by atoms with van der Waals surface area (Å²) in [5.41, 5.74) is 7.02. The molecule has 120 valence electrons. The van der Waals surface area contributed by atoms with Gasteiger partial charge in [0.2, 0.25) is 0 Å². The Hall–Kier alpha value is -2.99. The summed E-state index contributed by atoms with van der Waals surface area (Å²) in [5, 5.41) is 11.7. The molecule has 24 heavy (non-hydrogen) atoms. The molecule has 6 nitrogen and oxygen atoms in total. The third-order valence-electron chi connectivity index (χ3n) is 3.37. The van der Waals surface area contributed by atoms with Crippen molar-refractivity contribution in [2.24, 2.45) is 5.73 Å². The summed E-state index contributed by atoms with van der Waals surface area (Å²) in [7, 11) is 0. The van der Waals surface area contributed by atoms with Crippen molar-refractivity contribution in [1.29, 1.82) is 0 Å². The van der Waals surface area contributed by atoms with Crippen LogP contribution in [0.15, 0.2) is 60.8 Å². The first-order valence-corrected chi connectivity index (χ1v) is 7.58. The first-order chi connectivity index (χ1) is 11.6. The number of carbonyl (C=O) groups excluding carboxylic acids is 1. The predicted octanol–water partition coefficient (Wildman–Crippen LogP) is 2.83. The van der Waals surface area contributed by atoms with Crippen LogP contribution >= 0.6 is 11.6 Å². The van der Waals surface area contributed by atoms with E-state index in [0.29, 0.717) is 10.8 Å². The van der Waals surface area contributed by atoms with E-state index >= 15 is 0 Å². The largest absolute Gasteiger partial charge is 0.364 e. The molecule has 0 bridgehead atoms. The molecule has 0 aliphatic heterocycles. The van der Waals surface area contributed by atoms with Crippen molar-refractivity contribution in [3.8, 4) is 0 Å². The van der Waals surface area contributed by atoms with Crippen LogP contribution in [0.5, 0.6) is 0 Å². The molecule has 1 atom stereocenters. The molecular weight excluding hydrogens is 326 g/mol. The van der Waals surface area contributed by atoms with Crippen LogP contribution in [0.25, 0.3) is 0 Å². The Kier molecular flexibility index (Phi) is 4.67. The van der Waals surface area contributed by atoms with Gasteiger partial charge in [0, 0.05) is 11.2 Å². The molecule has 0 saturated heterocycles. The minimum absolute atomic E-state index is 0.109. The van der Waals surface area contributed by atoms with Gasteiger partial charge in [0.1, 0.15) is 5.82 Å². The van der Waals surface area contributed by atoms with Gasteiger partial charge in [-0.05, 0) is 42.0 Å². The van der Waals surface area contributed by atoms with Gasteiger partial charge in [0.15, 0.2) is 5.69 Å². The summed E-state index contributed by atoms with van der Waals surface area (Å²) in [6.45, 7) is 0. The third kappa shape index (κ3) is 3.67. The Balaban J connectivity index is 1.94. The highest BCUT2D eigenvalue weighted by atomic mass is 35.5. The summed E-state index contributed by atoms with van der Waals surface area (Å²) in [6.07, 6.45) is 1.72. The standard InChI is InChI=1S/C17H14ClN5O/c18-12-5-3-4-11(10-12)16(13-6-1-2-9-20-13)21-15-8-7-14(17(19)24)22-23-15/h1-10,16H,(H2,19,24)(H,21,23). The molecule has 2 heterocycles. The molecule has 3 N–H and O–H groups in total. The number of amides is 1. The molecule has 0 spiro atoms. The van der Waals surface area contributed by atoms with E-state index in [0.717, 1.165) is 11.3 Å². The lowest BCUT2D eigenvalue weighted by Gasteiger charge is -2.19. The van der Waals surface area contributed by atoms with Gasteiger partial charge in [-0.25, -0.2) is 0 Å². The average Bonchev–Trinajstić information content (AvgIpc) is 2.61. The number of carbonyl (C=O) groups is 1. The summed E-state index contributed by atoms with van der Waals surface area (Å²) < 4.78 is 0. The second-order valence-electron chi connectivity index (χ2n) is 5.06. The number of anilines is 1. The summed E-state index contributed by atoms with van der Waals surface area (Å²) in [5.74, 6) is -0.124. The number of halogens is 1. The number of aromatic nitrogens is 3. The molecule has 0 fully saturated rings. The zero-order valence-electron chi connectivity index (χ0n) is 12.6. The zero-order valence-corrected chi connectivity index (χ0v) is 13.3. The number of primary amides is 1. The Labute approximate surface area is 143 Å². The van der Waals surface area contributed by atoms with Crippen LogP contribution in [0, 0.1) is 0 Å². The lowest BCUT2D eigenvalue weighted by molar-refractivity contribution is 0.0994. The average molecular weight is 340 g/mol.